The molecule has 0 aliphatic rings. The third-order valence-electron chi connectivity index (χ3n) is 1.86. The van der Waals surface area contributed by atoms with Gasteiger partial charge < -0.3 is 11.1 Å². The van der Waals surface area contributed by atoms with E-state index in [1.54, 1.807) is 20.8 Å². The first-order valence-electron chi connectivity index (χ1n) is 5.21. The number of amides is 1. The second-order valence-corrected chi connectivity index (χ2v) is 6.51. The first-order valence-corrected chi connectivity index (χ1v) is 6.70. The Bertz CT molecular complexity index is 529. The van der Waals surface area contributed by atoms with Gasteiger partial charge in [0.05, 0.1) is 12.7 Å². The number of hydrogen-bond donors (Lipinski definition) is 4. The molecule has 1 aromatic rings. The lowest BCUT2D eigenvalue weighted by Crippen LogP contribution is -2.45. The number of nitrogens with two attached hydrogens (primary N) is 1. The summed E-state index contributed by atoms with van der Waals surface area (Å²) in [4.78, 5) is 11.3. The Morgan fingerprint density at radius 3 is 2.56 bits per heavy atom. The Labute approximate surface area is 105 Å². The van der Waals surface area contributed by atoms with Crippen molar-refractivity contribution in [3.8, 4) is 0 Å². The van der Waals surface area contributed by atoms with Crippen molar-refractivity contribution in [1.29, 1.82) is 0 Å². The van der Waals surface area contributed by atoms with Crippen LogP contribution in [0.1, 0.15) is 20.8 Å². The normalized spacial score (nSPS) is 12.4. The molecule has 9 heteroatoms. The van der Waals surface area contributed by atoms with E-state index in [0.717, 1.165) is 6.20 Å². The number of sulfonamides is 1. The fourth-order valence-corrected chi connectivity index (χ4v) is 2.20. The van der Waals surface area contributed by atoms with Crippen molar-refractivity contribution in [2.75, 3.05) is 12.3 Å². The molecule has 0 aliphatic carbocycles. The van der Waals surface area contributed by atoms with Gasteiger partial charge in [0.1, 0.15) is 10.7 Å². The van der Waals surface area contributed by atoms with Gasteiger partial charge in [-0.3, -0.25) is 9.89 Å². The zero-order valence-electron chi connectivity index (χ0n) is 10.4. The van der Waals surface area contributed by atoms with Crippen LogP contribution in [0.2, 0.25) is 0 Å². The second-order valence-electron chi connectivity index (χ2n) is 4.77. The molecule has 8 nitrogen and oxygen atoms in total. The summed E-state index contributed by atoms with van der Waals surface area (Å²) in [6.07, 6.45) is 1.08. The summed E-state index contributed by atoms with van der Waals surface area (Å²) in [6.45, 7) is 5.04. The number of rotatable bonds is 4. The largest absolute Gasteiger partial charge is 0.383 e. The molecule has 1 amide bonds. The van der Waals surface area contributed by atoms with Gasteiger partial charge in [0.2, 0.25) is 15.9 Å². The number of carbonyl (C=O) groups is 1. The predicted octanol–water partition coefficient (Wildman–Crippen LogP) is -0.815. The quantitative estimate of drug-likeness (QED) is 0.570. The topological polar surface area (TPSA) is 130 Å². The van der Waals surface area contributed by atoms with Crippen molar-refractivity contribution >= 4 is 21.7 Å². The number of hydrogen-bond acceptors (Lipinski definition) is 5. The van der Waals surface area contributed by atoms with Crippen LogP contribution in [0.3, 0.4) is 0 Å². The van der Waals surface area contributed by atoms with Crippen LogP contribution in [0, 0.1) is 0 Å². The second kappa shape index (κ2) is 4.94. The molecule has 0 aromatic carbocycles. The minimum atomic E-state index is -3.83. The van der Waals surface area contributed by atoms with Crippen LogP contribution in [0.5, 0.6) is 0 Å². The van der Waals surface area contributed by atoms with E-state index in [4.69, 9.17) is 5.73 Å². The van der Waals surface area contributed by atoms with E-state index in [1.807, 2.05) is 0 Å². The highest BCUT2D eigenvalue weighted by molar-refractivity contribution is 7.89. The highest BCUT2D eigenvalue weighted by atomic mass is 32.2. The van der Waals surface area contributed by atoms with Gasteiger partial charge in [-0.25, -0.2) is 13.1 Å². The number of H-pyrrole nitrogens is 1. The lowest BCUT2D eigenvalue weighted by molar-refractivity contribution is -0.121. The molecule has 0 unspecified atom stereocenters. The molecule has 0 saturated heterocycles. The van der Waals surface area contributed by atoms with Gasteiger partial charge in [-0.1, -0.05) is 0 Å². The average Bonchev–Trinajstić information content (AvgIpc) is 2.60. The van der Waals surface area contributed by atoms with E-state index in [0.29, 0.717) is 0 Å². The number of nitrogen functional groups attached to an aromatic ring is 1. The summed E-state index contributed by atoms with van der Waals surface area (Å²) in [7, 11) is -3.83. The first-order chi connectivity index (χ1) is 8.12. The number of anilines is 1. The Balaban J connectivity index is 2.64. The summed E-state index contributed by atoms with van der Waals surface area (Å²) < 4.78 is 25.7. The van der Waals surface area contributed by atoms with Crippen LogP contribution in [0.25, 0.3) is 0 Å². The van der Waals surface area contributed by atoms with Crippen LogP contribution in [0.4, 0.5) is 5.82 Å². The molecule has 5 N–H and O–H groups in total. The third-order valence-corrected chi connectivity index (χ3v) is 3.29. The molecule has 1 heterocycles. The van der Waals surface area contributed by atoms with Crippen LogP contribution in [0.15, 0.2) is 11.1 Å². The standard InChI is InChI=1S/C9H17N5O3S/c1-9(2,3)13-7(15)5-12-18(16,17)6-4-11-14-8(6)10/h4,12H,5H2,1-3H3,(H,13,15)(H3,10,11,14). The summed E-state index contributed by atoms with van der Waals surface area (Å²) >= 11 is 0. The minimum Gasteiger partial charge on any atom is -0.383 e. The molecule has 0 spiro atoms. The van der Waals surface area contributed by atoms with Gasteiger partial charge >= 0.3 is 0 Å². The molecule has 102 valence electrons. The number of nitrogens with one attached hydrogen (secondary N) is 3. The highest BCUT2D eigenvalue weighted by Crippen LogP contribution is 2.12. The average molecular weight is 275 g/mol. The molecule has 0 bridgehead atoms. The summed E-state index contributed by atoms with van der Waals surface area (Å²) in [5.41, 5.74) is 4.98. The van der Waals surface area contributed by atoms with E-state index in [-0.39, 0.29) is 17.3 Å². The fraction of sp³-hybridized carbons (Fsp3) is 0.556. The zero-order chi connectivity index (χ0) is 14.0. The van der Waals surface area contributed by atoms with Crippen molar-refractivity contribution in [3.05, 3.63) is 6.20 Å². The van der Waals surface area contributed by atoms with Crippen molar-refractivity contribution in [1.82, 2.24) is 20.2 Å². The maximum Gasteiger partial charge on any atom is 0.246 e. The molecule has 0 radical (unpaired) electrons. The number of carbonyl (C=O) groups excluding carboxylic acids is 1. The van der Waals surface area contributed by atoms with Gasteiger partial charge in [0.15, 0.2) is 0 Å². The maximum absolute atomic E-state index is 11.8. The molecule has 1 aromatic heterocycles. The fourth-order valence-electron chi connectivity index (χ4n) is 1.20. The molecule has 0 fully saturated rings. The molecular formula is C9H17N5O3S. The van der Waals surface area contributed by atoms with Crippen molar-refractivity contribution in [2.24, 2.45) is 0 Å². The van der Waals surface area contributed by atoms with Gasteiger partial charge in [0.25, 0.3) is 0 Å². The van der Waals surface area contributed by atoms with E-state index in [2.05, 4.69) is 20.2 Å². The van der Waals surface area contributed by atoms with Crippen molar-refractivity contribution in [2.45, 2.75) is 31.2 Å². The third kappa shape index (κ3) is 4.00. The molecule has 0 saturated carbocycles. The molecule has 0 atom stereocenters. The Kier molecular flexibility index (Phi) is 3.97. The molecular weight excluding hydrogens is 258 g/mol. The monoisotopic (exact) mass is 275 g/mol. The summed E-state index contributed by atoms with van der Waals surface area (Å²) in [5, 5.41) is 8.44. The van der Waals surface area contributed by atoms with E-state index in [1.165, 1.54) is 0 Å². The van der Waals surface area contributed by atoms with E-state index < -0.39 is 21.5 Å². The lowest BCUT2D eigenvalue weighted by atomic mass is 10.1. The van der Waals surface area contributed by atoms with Gasteiger partial charge in [0, 0.05) is 5.54 Å². The van der Waals surface area contributed by atoms with Gasteiger partial charge in [-0.2, -0.15) is 5.10 Å². The van der Waals surface area contributed by atoms with Gasteiger partial charge in [-0.05, 0) is 20.8 Å². The van der Waals surface area contributed by atoms with Crippen LogP contribution >= 0.6 is 0 Å². The summed E-state index contributed by atoms with van der Waals surface area (Å²) in [5.74, 6) is -0.494. The Hall–Kier alpha value is -1.61. The first kappa shape index (κ1) is 14.5. The minimum absolute atomic E-state index is 0.0706. The number of aromatic nitrogens is 2. The number of nitrogens with zero attached hydrogens (tertiary/aromatic N) is 1. The van der Waals surface area contributed by atoms with Crippen LogP contribution in [-0.4, -0.2) is 36.6 Å². The molecule has 1 rings (SSSR count). The smallest absolute Gasteiger partial charge is 0.246 e. The zero-order valence-corrected chi connectivity index (χ0v) is 11.3. The van der Waals surface area contributed by atoms with Gasteiger partial charge in [-0.15, -0.1) is 0 Å². The highest BCUT2D eigenvalue weighted by Gasteiger charge is 2.21. The van der Waals surface area contributed by atoms with E-state index >= 15 is 0 Å². The summed E-state index contributed by atoms with van der Waals surface area (Å²) in [6, 6.07) is 0. The molecule has 0 aliphatic heterocycles. The maximum atomic E-state index is 11.8. The molecule has 18 heavy (non-hydrogen) atoms. The number of aromatic amines is 1. The van der Waals surface area contributed by atoms with Crippen LogP contribution < -0.4 is 15.8 Å². The van der Waals surface area contributed by atoms with Crippen LogP contribution in [-0.2, 0) is 14.8 Å². The van der Waals surface area contributed by atoms with Crippen molar-refractivity contribution < 1.29 is 13.2 Å². The van der Waals surface area contributed by atoms with E-state index in [9.17, 15) is 13.2 Å². The SMILES string of the molecule is CC(C)(C)NC(=O)CNS(=O)(=O)c1cn[nH]c1N. The Morgan fingerprint density at radius 1 is 1.50 bits per heavy atom. The Morgan fingerprint density at radius 2 is 2.11 bits per heavy atom. The van der Waals surface area contributed by atoms with Crippen molar-refractivity contribution in [3.63, 3.8) is 0 Å². The predicted molar refractivity (Wildman–Crippen MR) is 66.1 cm³/mol. The lowest BCUT2D eigenvalue weighted by Gasteiger charge is -2.20.